The van der Waals surface area contributed by atoms with Gasteiger partial charge in [0, 0.05) is 12.7 Å². The van der Waals surface area contributed by atoms with Crippen molar-refractivity contribution in [1.29, 1.82) is 0 Å². The monoisotopic (exact) mass is 235 g/mol. The molecule has 0 aromatic carbocycles. The minimum absolute atomic E-state index is 0.590. The SMILES string of the molecule is O=C=NCCCCN1C=Cc2ncsc2C1. The van der Waals surface area contributed by atoms with Gasteiger partial charge < -0.3 is 4.90 Å². The third-order valence-electron chi connectivity index (χ3n) is 2.49. The summed E-state index contributed by atoms with van der Waals surface area (Å²) in [6.07, 6.45) is 7.68. The fourth-order valence-electron chi connectivity index (χ4n) is 1.65. The number of rotatable bonds is 5. The summed E-state index contributed by atoms with van der Waals surface area (Å²) in [6.45, 7) is 2.54. The first-order chi connectivity index (χ1) is 7.90. The molecule has 1 aliphatic rings. The van der Waals surface area contributed by atoms with Crippen molar-refractivity contribution >= 4 is 23.5 Å². The summed E-state index contributed by atoms with van der Waals surface area (Å²) >= 11 is 1.70. The average molecular weight is 235 g/mol. The molecule has 4 nitrogen and oxygen atoms in total. The van der Waals surface area contributed by atoms with Crippen LogP contribution in [0.5, 0.6) is 0 Å². The molecule has 1 aromatic heterocycles. The van der Waals surface area contributed by atoms with Crippen molar-refractivity contribution in [2.45, 2.75) is 19.4 Å². The second-order valence-corrected chi connectivity index (χ2v) is 4.57. The molecule has 0 saturated heterocycles. The Morgan fingerprint density at radius 3 is 3.38 bits per heavy atom. The van der Waals surface area contributed by atoms with Gasteiger partial charge in [-0.05, 0) is 18.9 Å². The zero-order chi connectivity index (χ0) is 11.2. The highest BCUT2D eigenvalue weighted by Crippen LogP contribution is 2.22. The minimum Gasteiger partial charge on any atom is -0.372 e. The van der Waals surface area contributed by atoms with Crippen molar-refractivity contribution < 1.29 is 4.79 Å². The van der Waals surface area contributed by atoms with E-state index in [0.29, 0.717) is 6.54 Å². The zero-order valence-electron chi connectivity index (χ0n) is 8.93. The molecular weight excluding hydrogens is 222 g/mol. The first-order valence-corrected chi connectivity index (χ1v) is 6.16. The highest BCUT2D eigenvalue weighted by Gasteiger charge is 2.11. The van der Waals surface area contributed by atoms with Crippen molar-refractivity contribution in [2.75, 3.05) is 13.1 Å². The fraction of sp³-hybridized carbons (Fsp3) is 0.455. The van der Waals surface area contributed by atoms with Crippen LogP contribution in [-0.2, 0) is 11.3 Å². The van der Waals surface area contributed by atoms with Crippen molar-refractivity contribution in [3.63, 3.8) is 0 Å². The molecule has 0 bridgehead atoms. The fourth-order valence-corrected chi connectivity index (χ4v) is 2.43. The van der Waals surface area contributed by atoms with E-state index in [9.17, 15) is 4.79 Å². The summed E-state index contributed by atoms with van der Waals surface area (Å²) < 4.78 is 0. The lowest BCUT2D eigenvalue weighted by Gasteiger charge is -2.22. The lowest BCUT2D eigenvalue weighted by Crippen LogP contribution is -2.20. The Balaban J connectivity index is 1.75. The van der Waals surface area contributed by atoms with E-state index in [2.05, 4.69) is 27.2 Å². The summed E-state index contributed by atoms with van der Waals surface area (Å²) in [5, 5.41) is 0. The molecule has 0 N–H and O–H groups in total. The van der Waals surface area contributed by atoms with Crippen molar-refractivity contribution in [3.8, 4) is 0 Å². The Bertz CT molecular complexity index is 421. The van der Waals surface area contributed by atoms with Gasteiger partial charge in [0.05, 0.1) is 29.2 Å². The van der Waals surface area contributed by atoms with Gasteiger partial charge in [0.15, 0.2) is 0 Å². The molecular formula is C11H13N3OS. The number of nitrogens with zero attached hydrogens (tertiary/aromatic N) is 3. The van der Waals surface area contributed by atoms with E-state index in [0.717, 1.165) is 31.6 Å². The van der Waals surface area contributed by atoms with E-state index in [-0.39, 0.29) is 0 Å². The molecule has 0 amide bonds. The van der Waals surface area contributed by atoms with Crippen LogP contribution < -0.4 is 0 Å². The Hall–Kier alpha value is -1.45. The average Bonchev–Trinajstić information content (AvgIpc) is 2.76. The maximum absolute atomic E-state index is 9.86. The van der Waals surface area contributed by atoms with E-state index in [4.69, 9.17) is 0 Å². The van der Waals surface area contributed by atoms with Crippen molar-refractivity contribution in [3.05, 3.63) is 22.3 Å². The van der Waals surface area contributed by atoms with E-state index in [1.54, 1.807) is 17.4 Å². The Morgan fingerprint density at radius 2 is 2.50 bits per heavy atom. The number of isocyanates is 1. The minimum atomic E-state index is 0.590. The lowest BCUT2D eigenvalue weighted by molar-refractivity contribution is 0.360. The van der Waals surface area contributed by atoms with Crippen LogP contribution in [0, 0.1) is 0 Å². The lowest BCUT2D eigenvalue weighted by atomic mass is 10.2. The molecule has 0 spiro atoms. The van der Waals surface area contributed by atoms with Crippen LogP contribution in [0.1, 0.15) is 23.4 Å². The second-order valence-electron chi connectivity index (χ2n) is 3.63. The van der Waals surface area contributed by atoms with Crippen LogP contribution in [0.4, 0.5) is 0 Å². The third-order valence-corrected chi connectivity index (χ3v) is 3.33. The zero-order valence-corrected chi connectivity index (χ0v) is 9.74. The topological polar surface area (TPSA) is 45.6 Å². The molecule has 2 rings (SSSR count). The van der Waals surface area contributed by atoms with Crippen molar-refractivity contribution in [2.24, 2.45) is 4.99 Å². The van der Waals surface area contributed by atoms with E-state index in [1.807, 2.05) is 5.51 Å². The van der Waals surface area contributed by atoms with Gasteiger partial charge >= 0.3 is 0 Å². The number of thiazole rings is 1. The smallest absolute Gasteiger partial charge is 0.234 e. The third kappa shape index (κ3) is 2.78. The number of unbranched alkanes of at least 4 members (excludes halogenated alkanes) is 1. The number of aliphatic imine (C=N–C) groups is 1. The maximum Gasteiger partial charge on any atom is 0.234 e. The first-order valence-electron chi connectivity index (χ1n) is 5.28. The summed E-state index contributed by atoms with van der Waals surface area (Å²) in [7, 11) is 0. The molecule has 0 saturated carbocycles. The summed E-state index contributed by atoms with van der Waals surface area (Å²) in [5.41, 5.74) is 2.99. The summed E-state index contributed by atoms with van der Waals surface area (Å²) in [4.78, 5) is 21.2. The van der Waals surface area contributed by atoms with Gasteiger partial charge in [-0.3, -0.25) is 0 Å². The van der Waals surface area contributed by atoms with Crippen LogP contribution in [0.15, 0.2) is 16.7 Å². The Labute approximate surface area is 98.3 Å². The van der Waals surface area contributed by atoms with E-state index in [1.165, 1.54) is 4.88 Å². The quantitative estimate of drug-likeness (QED) is 0.446. The highest BCUT2D eigenvalue weighted by molar-refractivity contribution is 7.09. The molecule has 0 fully saturated rings. The van der Waals surface area contributed by atoms with E-state index < -0.39 is 0 Å². The summed E-state index contributed by atoms with van der Waals surface area (Å²) in [5.74, 6) is 0. The van der Waals surface area contributed by atoms with E-state index >= 15 is 0 Å². The molecule has 0 unspecified atom stereocenters. The predicted octanol–water partition coefficient (Wildman–Crippen LogP) is 2.05. The van der Waals surface area contributed by atoms with Gasteiger partial charge in [-0.15, -0.1) is 11.3 Å². The van der Waals surface area contributed by atoms with Crippen LogP contribution in [0.2, 0.25) is 0 Å². The van der Waals surface area contributed by atoms with Crippen LogP contribution in [0.25, 0.3) is 6.08 Å². The van der Waals surface area contributed by atoms with Gasteiger partial charge in [-0.2, -0.15) is 0 Å². The van der Waals surface area contributed by atoms with Crippen LogP contribution >= 0.6 is 11.3 Å². The van der Waals surface area contributed by atoms with Crippen LogP contribution in [-0.4, -0.2) is 29.1 Å². The molecule has 2 heterocycles. The first kappa shape index (κ1) is 11.0. The van der Waals surface area contributed by atoms with Gasteiger partial charge in [-0.1, -0.05) is 0 Å². The van der Waals surface area contributed by atoms with Crippen molar-refractivity contribution in [1.82, 2.24) is 9.88 Å². The normalized spacial score (nSPS) is 13.4. The number of carbonyl (C=O) groups excluding carboxylic acids is 1. The number of fused-ring (bicyclic) bond motifs is 1. The molecule has 1 aliphatic heterocycles. The largest absolute Gasteiger partial charge is 0.372 e. The van der Waals surface area contributed by atoms with Gasteiger partial charge in [0.2, 0.25) is 6.08 Å². The molecule has 84 valence electrons. The molecule has 0 atom stereocenters. The number of hydrogen-bond acceptors (Lipinski definition) is 5. The number of aromatic nitrogens is 1. The molecule has 5 heteroatoms. The standard InChI is InChI=1S/C11H13N3OS/c15-8-12-4-1-2-5-14-6-3-10-11(7-14)16-9-13-10/h3,6,9H,1-2,4-5,7H2. The molecule has 1 aromatic rings. The predicted molar refractivity (Wildman–Crippen MR) is 63.8 cm³/mol. The van der Waals surface area contributed by atoms with Crippen LogP contribution in [0.3, 0.4) is 0 Å². The van der Waals surface area contributed by atoms with Gasteiger partial charge in [0.25, 0.3) is 0 Å². The van der Waals surface area contributed by atoms with Gasteiger partial charge in [-0.25, -0.2) is 14.8 Å². The summed E-state index contributed by atoms with van der Waals surface area (Å²) in [6, 6.07) is 0. The Morgan fingerprint density at radius 1 is 1.56 bits per heavy atom. The second kappa shape index (κ2) is 5.58. The highest BCUT2D eigenvalue weighted by atomic mass is 32.1. The Kier molecular flexibility index (Phi) is 3.86. The van der Waals surface area contributed by atoms with Gasteiger partial charge in [0.1, 0.15) is 0 Å². The molecule has 0 radical (unpaired) electrons. The maximum atomic E-state index is 9.86. The molecule has 0 aliphatic carbocycles. The molecule has 16 heavy (non-hydrogen) atoms. The number of hydrogen-bond donors (Lipinski definition) is 0.